The van der Waals surface area contributed by atoms with E-state index < -0.39 is 0 Å². The normalized spacial score (nSPS) is 10.6. The molecule has 1 aromatic carbocycles. The highest BCUT2D eigenvalue weighted by Crippen LogP contribution is 2.30. The molecule has 1 N–H and O–H groups in total. The highest BCUT2D eigenvalue weighted by molar-refractivity contribution is 5.46. The molecular formula is C15H21N3O2. The predicted octanol–water partition coefficient (Wildman–Crippen LogP) is 2.04. The molecule has 0 saturated carbocycles. The van der Waals surface area contributed by atoms with E-state index in [-0.39, 0.29) is 0 Å². The van der Waals surface area contributed by atoms with Gasteiger partial charge in [-0.1, -0.05) is 12.1 Å². The standard InChI is InChI=1S/C15H21N3O2/c1-11-13(10-17-18(11)2)9-16-8-12-6-5-7-14(19-3)15(12)20-4/h5-7,10,16H,8-9H2,1-4H3. The second-order valence-electron chi connectivity index (χ2n) is 4.64. The average Bonchev–Trinajstić information content (AvgIpc) is 2.79. The van der Waals surface area contributed by atoms with Gasteiger partial charge in [0.2, 0.25) is 0 Å². The fourth-order valence-electron chi connectivity index (χ4n) is 2.14. The summed E-state index contributed by atoms with van der Waals surface area (Å²) in [6, 6.07) is 5.89. The fourth-order valence-corrected chi connectivity index (χ4v) is 2.14. The Kier molecular flexibility index (Phi) is 4.63. The molecule has 108 valence electrons. The van der Waals surface area contributed by atoms with Gasteiger partial charge in [0, 0.05) is 37.0 Å². The molecule has 0 fully saturated rings. The lowest BCUT2D eigenvalue weighted by Gasteiger charge is -2.13. The summed E-state index contributed by atoms with van der Waals surface area (Å²) in [5.41, 5.74) is 3.46. The Balaban J connectivity index is 2.02. The smallest absolute Gasteiger partial charge is 0.165 e. The van der Waals surface area contributed by atoms with Crippen molar-refractivity contribution in [2.24, 2.45) is 7.05 Å². The average molecular weight is 275 g/mol. The van der Waals surface area contributed by atoms with Crippen molar-refractivity contribution in [3.8, 4) is 11.5 Å². The molecule has 0 aliphatic rings. The highest BCUT2D eigenvalue weighted by atomic mass is 16.5. The van der Waals surface area contributed by atoms with Crippen LogP contribution in [0.1, 0.15) is 16.8 Å². The van der Waals surface area contributed by atoms with Gasteiger partial charge in [-0.2, -0.15) is 5.10 Å². The molecule has 0 bridgehead atoms. The van der Waals surface area contributed by atoms with Crippen LogP contribution in [0.25, 0.3) is 0 Å². The van der Waals surface area contributed by atoms with Crippen LogP contribution >= 0.6 is 0 Å². The topological polar surface area (TPSA) is 48.3 Å². The first-order valence-electron chi connectivity index (χ1n) is 6.55. The van der Waals surface area contributed by atoms with Gasteiger partial charge in [0.25, 0.3) is 0 Å². The summed E-state index contributed by atoms with van der Waals surface area (Å²) in [5, 5.41) is 7.64. The fraction of sp³-hybridized carbons (Fsp3) is 0.400. The Bertz CT molecular complexity index is 578. The monoisotopic (exact) mass is 275 g/mol. The molecule has 0 amide bonds. The maximum atomic E-state index is 5.42. The van der Waals surface area contributed by atoms with Gasteiger partial charge in [-0.05, 0) is 13.0 Å². The van der Waals surface area contributed by atoms with Gasteiger partial charge in [-0.25, -0.2) is 0 Å². The van der Waals surface area contributed by atoms with Crippen molar-refractivity contribution in [2.75, 3.05) is 14.2 Å². The Morgan fingerprint density at radius 1 is 1.15 bits per heavy atom. The first-order chi connectivity index (χ1) is 9.67. The first-order valence-corrected chi connectivity index (χ1v) is 6.55. The largest absolute Gasteiger partial charge is 0.493 e. The summed E-state index contributed by atoms with van der Waals surface area (Å²) >= 11 is 0. The van der Waals surface area contributed by atoms with Crippen molar-refractivity contribution in [3.63, 3.8) is 0 Å². The molecule has 0 saturated heterocycles. The van der Waals surface area contributed by atoms with Gasteiger partial charge in [-0.15, -0.1) is 0 Å². The number of aromatic nitrogens is 2. The van der Waals surface area contributed by atoms with Gasteiger partial charge in [0.15, 0.2) is 11.5 Å². The van der Waals surface area contributed by atoms with Crippen LogP contribution in [-0.4, -0.2) is 24.0 Å². The second-order valence-corrected chi connectivity index (χ2v) is 4.64. The van der Waals surface area contributed by atoms with E-state index in [4.69, 9.17) is 9.47 Å². The number of rotatable bonds is 6. The van der Waals surface area contributed by atoms with Crippen molar-refractivity contribution >= 4 is 0 Å². The lowest BCUT2D eigenvalue weighted by atomic mass is 10.1. The summed E-state index contributed by atoms with van der Waals surface area (Å²) in [6.07, 6.45) is 1.89. The Morgan fingerprint density at radius 3 is 2.50 bits per heavy atom. The molecule has 0 spiro atoms. The van der Waals surface area contributed by atoms with Crippen LogP contribution in [-0.2, 0) is 20.1 Å². The zero-order valence-electron chi connectivity index (χ0n) is 12.4. The van der Waals surface area contributed by atoms with Crippen LogP contribution in [0.15, 0.2) is 24.4 Å². The van der Waals surface area contributed by atoms with E-state index in [9.17, 15) is 0 Å². The summed E-state index contributed by atoms with van der Waals surface area (Å²) in [7, 11) is 5.25. The van der Waals surface area contributed by atoms with Gasteiger partial charge >= 0.3 is 0 Å². The summed E-state index contributed by atoms with van der Waals surface area (Å²) < 4.78 is 12.6. The van der Waals surface area contributed by atoms with Crippen molar-refractivity contribution in [1.29, 1.82) is 0 Å². The summed E-state index contributed by atoms with van der Waals surface area (Å²) in [6.45, 7) is 3.56. The molecule has 0 atom stereocenters. The Morgan fingerprint density at radius 2 is 1.90 bits per heavy atom. The van der Waals surface area contributed by atoms with Crippen molar-refractivity contribution < 1.29 is 9.47 Å². The van der Waals surface area contributed by atoms with Gasteiger partial charge < -0.3 is 14.8 Å². The summed E-state index contributed by atoms with van der Waals surface area (Å²) in [4.78, 5) is 0. The van der Waals surface area contributed by atoms with Crippen LogP contribution in [0, 0.1) is 6.92 Å². The Hall–Kier alpha value is -2.01. The quantitative estimate of drug-likeness (QED) is 0.876. The molecule has 20 heavy (non-hydrogen) atoms. The number of hydrogen-bond donors (Lipinski definition) is 1. The number of para-hydroxylation sites is 1. The highest BCUT2D eigenvalue weighted by Gasteiger charge is 2.09. The van der Waals surface area contributed by atoms with Crippen LogP contribution < -0.4 is 14.8 Å². The molecular weight excluding hydrogens is 254 g/mol. The van der Waals surface area contributed by atoms with Crippen LogP contribution in [0.2, 0.25) is 0 Å². The van der Waals surface area contributed by atoms with E-state index in [2.05, 4.69) is 17.3 Å². The molecule has 0 radical (unpaired) electrons. The maximum Gasteiger partial charge on any atom is 0.165 e. The predicted molar refractivity (Wildman–Crippen MR) is 78.0 cm³/mol. The minimum Gasteiger partial charge on any atom is -0.493 e. The molecule has 0 aliphatic heterocycles. The lowest BCUT2D eigenvalue weighted by molar-refractivity contribution is 0.350. The van der Waals surface area contributed by atoms with E-state index in [0.29, 0.717) is 6.54 Å². The van der Waals surface area contributed by atoms with E-state index in [1.165, 1.54) is 11.3 Å². The van der Waals surface area contributed by atoms with Crippen molar-refractivity contribution in [3.05, 3.63) is 41.2 Å². The van der Waals surface area contributed by atoms with Crippen LogP contribution in [0.4, 0.5) is 0 Å². The number of methoxy groups -OCH3 is 2. The summed E-state index contributed by atoms with van der Waals surface area (Å²) in [5.74, 6) is 1.54. The third-order valence-electron chi connectivity index (χ3n) is 3.45. The molecule has 2 rings (SSSR count). The van der Waals surface area contributed by atoms with Gasteiger partial charge in [0.1, 0.15) is 0 Å². The van der Waals surface area contributed by atoms with E-state index >= 15 is 0 Å². The van der Waals surface area contributed by atoms with Gasteiger partial charge in [0.05, 0.1) is 20.4 Å². The number of ether oxygens (including phenoxy) is 2. The minimum atomic E-state index is 0.717. The number of nitrogens with zero attached hydrogens (tertiary/aromatic N) is 2. The number of benzene rings is 1. The van der Waals surface area contributed by atoms with E-state index in [1.807, 2.05) is 36.1 Å². The third-order valence-corrected chi connectivity index (χ3v) is 3.45. The first kappa shape index (κ1) is 14.4. The number of aryl methyl sites for hydroxylation is 1. The molecule has 2 aromatic rings. The zero-order chi connectivity index (χ0) is 14.5. The third kappa shape index (κ3) is 2.93. The molecule has 1 heterocycles. The molecule has 5 nitrogen and oxygen atoms in total. The molecule has 0 aliphatic carbocycles. The van der Waals surface area contributed by atoms with Crippen LogP contribution in [0.5, 0.6) is 11.5 Å². The van der Waals surface area contributed by atoms with E-state index in [1.54, 1.807) is 14.2 Å². The Labute approximate surface area is 119 Å². The maximum absolute atomic E-state index is 5.42. The van der Waals surface area contributed by atoms with Crippen LogP contribution in [0.3, 0.4) is 0 Å². The lowest BCUT2D eigenvalue weighted by Crippen LogP contribution is -2.14. The van der Waals surface area contributed by atoms with Crippen molar-refractivity contribution in [1.82, 2.24) is 15.1 Å². The van der Waals surface area contributed by atoms with Gasteiger partial charge in [-0.3, -0.25) is 4.68 Å². The number of hydrogen-bond acceptors (Lipinski definition) is 4. The minimum absolute atomic E-state index is 0.717. The second kappa shape index (κ2) is 6.43. The van der Waals surface area contributed by atoms with Crippen molar-refractivity contribution in [2.45, 2.75) is 20.0 Å². The zero-order valence-corrected chi connectivity index (χ0v) is 12.4. The SMILES string of the molecule is COc1cccc(CNCc2cnn(C)c2C)c1OC. The van der Waals surface area contributed by atoms with E-state index in [0.717, 1.165) is 23.6 Å². The molecule has 0 unspecified atom stereocenters. The number of nitrogens with one attached hydrogen (secondary N) is 1. The molecule has 5 heteroatoms. The molecule has 1 aromatic heterocycles.